The van der Waals surface area contributed by atoms with Crippen LogP contribution in [0.2, 0.25) is 0 Å². The minimum atomic E-state index is -4.60. The number of hydrogen-bond donors (Lipinski definition) is 1. The molecule has 0 rings (SSSR count). The second kappa shape index (κ2) is 7.29. The number of carbonyl (C=O) groups excluding carboxylic acids is 2. The summed E-state index contributed by atoms with van der Waals surface area (Å²) in [7, 11) is 3.93. The number of hydrogen-bond acceptors (Lipinski definition) is 4. The quantitative estimate of drug-likeness (QED) is 0.710. The molecule has 6 nitrogen and oxygen atoms in total. The highest BCUT2D eigenvalue weighted by Crippen LogP contribution is 2.17. The molecule has 2 amide bonds. The fourth-order valence-electron chi connectivity index (χ4n) is 1.23. The minimum Gasteiger partial charge on any atom is -0.370 e. The Hall–Kier alpha value is -1.35. The van der Waals surface area contributed by atoms with Gasteiger partial charge in [-0.25, -0.2) is 0 Å². The zero-order valence-electron chi connectivity index (χ0n) is 11.0. The molecule has 0 radical (unpaired) electrons. The van der Waals surface area contributed by atoms with Crippen LogP contribution in [-0.4, -0.2) is 74.7 Å². The molecule has 0 bridgehead atoms. The van der Waals surface area contributed by atoms with Crippen LogP contribution in [0.3, 0.4) is 0 Å². The zero-order valence-corrected chi connectivity index (χ0v) is 11.0. The SMILES string of the molecule is COC(CN)C(=O)N(CC(=O)N(C)C)CC(F)(F)F. The Morgan fingerprint density at radius 1 is 1.32 bits per heavy atom. The van der Waals surface area contributed by atoms with Crippen molar-refractivity contribution >= 4 is 11.8 Å². The van der Waals surface area contributed by atoms with Crippen molar-refractivity contribution in [1.29, 1.82) is 0 Å². The van der Waals surface area contributed by atoms with E-state index < -0.39 is 37.2 Å². The number of nitrogens with zero attached hydrogens (tertiary/aromatic N) is 2. The van der Waals surface area contributed by atoms with Crippen LogP contribution < -0.4 is 5.73 Å². The molecule has 0 aliphatic heterocycles. The largest absolute Gasteiger partial charge is 0.406 e. The Balaban J connectivity index is 4.95. The molecule has 2 N–H and O–H groups in total. The van der Waals surface area contributed by atoms with Gasteiger partial charge in [-0.15, -0.1) is 0 Å². The van der Waals surface area contributed by atoms with Crippen LogP contribution in [0.1, 0.15) is 0 Å². The van der Waals surface area contributed by atoms with Crippen molar-refractivity contribution in [1.82, 2.24) is 9.80 Å². The van der Waals surface area contributed by atoms with Gasteiger partial charge in [0, 0.05) is 27.7 Å². The molecule has 112 valence electrons. The van der Waals surface area contributed by atoms with E-state index in [0.29, 0.717) is 4.90 Å². The van der Waals surface area contributed by atoms with E-state index in [1.807, 2.05) is 0 Å². The predicted octanol–water partition coefficient (Wildman–Crippen LogP) is -0.561. The fraction of sp³-hybridized carbons (Fsp3) is 0.800. The van der Waals surface area contributed by atoms with Gasteiger partial charge in [-0.3, -0.25) is 9.59 Å². The maximum absolute atomic E-state index is 12.4. The van der Waals surface area contributed by atoms with E-state index in [1.54, 1.807) is 0 Å². The van der Waals surface area contributed by atoms with E-state index in [-0.39, 0.29) is 6.54 Å². The maximum Gasteiger partial charge on any atom is 0.406 e. The summed E-state index contributed by atoms with van der Waals surface area (Å²) in [5.41, 5.74) is 5.23. The van der Waals surface area contributed by atoms with E-state index in [0.717, 1.165) is 12.0 Å². The maximum atomic E-state index is 12.4. The third-order valence-electron chi connectivity index (χ3n) is 2.28. The van der Waals surface area contributed by atoms with E-state index in [1.165, 1.54) is 14.1 Å². The fourth-order valence-corrected chi connectivity index (χ4v) is 1.23. The normalized spacial score (nSPS) is 13.0. The molecule has 0 saturated carbocycles. The number of ether oxygens (including phenoxy) is 1. The summed E-state index contributed by atoms with van der Waals surface area (Å²) in [4.78, 5) is 24.7. The summed E-state index contributed by atoms with van der Waals surface area (Å²) >= 11 is 0. The summed E-state index contributed by atoms with van der Waals surface area (Å²) in [5.74, 6) is -1.58. The van der Waals surface area contributed by atoms with E-state index >= 15 is 0 Å². The molecule has 19 heavy (non-hydrogen) atoms. The number of amides is 2. The van der Waals surface area contributed by atoms with Gasteiger partial charge in [-0.05, 0) is 0 Å². The summed E-state index contributed by atoms with van der Waals surface area (Å²) < 4.78 is 41.9. The van der Waals surface area contributed by atoms with Gasteiger partial charge >= 0.3 is 6.18 Å². The van der Waals surface area contributed by atoms with Gasteiger partial charge in [0.15, 0.2) is 0 Å². The monoisotopic (exact) mass is 285 g/mol. The van der Waals surface area contributed by atoms with Crippen molar-refractivity contribution in [2.45, 2.75) is 12.3 Å². The predicted molar refractivity (Wildman–Crippen MR) is 61.2 cm³/mol. The van der Waals surface area contributed by atoms with Crippen molar-refractivity contribution in [3.8, 4) is 0 Å². The first-order chi connectivity index (χ1) is 8.62. The molecule has 9 heteroatoms. The lowest BCUT2D eigenvalue weighted by Crippen LogP contribution is -2.50. The number of methoxy groups -OCH3 is 1. The number of halogens is 3. The topological polar surface area (TPSA) is 75.9 Å². The summed E-state index contributed by atoms with van der Waals surface area (Å²) in [5, 5.41) is 0. The van der Waals surface area contributed by atoms with E-state index in [2.05, 4.69) is 0 Å². The molecule has 0 saturated heterocycles. The molecule has 0 aromatic rings. The zero-order chi connectivity index (χ0) is 15.2. The number of carbonyl (C=O) groups is 2. The highest BCUT2D eigenvalue weighted by molar-refractivity contribution is 5.87. The molecule has 0 fully saturated rings. The Morgan fingerprint density at radius 3 is 2.16 bits per heavy atom. The first kappa shape index (κ1) is 17.6. The van der Waals surface area contributed by atoms with Crippen LogP contribution in [0, 0.1) is 0 Å². The summed E-state index contributed by atoms with van der Waals surface area (Å²) in [6.45, 7) is -2.46. The molecule has 1 unspecified atom stereocenters. The van der Waals surface area contributed by atoms with Crippen molar-refractivity contribution < 1.29 is 27.5 Å². The van der Waals surface area contributed by atoms with Crippen molar-refractivity contribution in [2.24, 2.45) is 5.73 Å². The second-order valence-electron chi connectivity index (χ2n) is 4.06. The molecule has 1 atom stereocenters. The van der Waals surface area contributed by atoms with Crippen LogP contribution in [0.25, 0.3) is 0 Å². The molecule has 0 aromatic carbocycles. The molecule has 0 aliphatic rings. The Labute approximate surface area is 109 Å². The Kier molecular flexibility index (Phi) is 6.77. The van der Waals surface area contributed by atoms with Gasteiger partial charge in [-0.1, -0.05) is 0 Å². The lowest BCUT2D eigenvalue weighted by atomic mass is 10.3. The minimum absolute atomic E-state index is 0.264. The third kappa shape index (κ3) is 6.39. The van der Waals surface area contributed by atoms with E-state index in [9.17, 15) is 22.8 Å². The molecular weight excluding hydrogens is 267 g/mol. The van der Waals surface area contributed by atoms with Gasteiger partial charge < -0.3 is 20.3 Å². The first-order valence-electron chi connectivity index (χ1n) is 5.41. The smallest absolute Gasteiger partial charge is 0.370 e. The third-order valence-corrected chi connectivity index (χ3v) is 2.28. The van der Waals surface area contributed by atoms with E-state index in [4.69, 9.17) is 10.5 Å². The average molecular weight is 285 g/mol. The van der Waals surface area contributed by atoms with Crippen LogP contribution in [0.4, 0.5) is 13.2 Å². The molecule has 0 heterocycles. The van der Waals surface area contributed by atoms with Crippen molar-refractivity contribution in [3.63, 3.8) is 0 Å². The lowest BCUT2D eigenvalue weighted by Gasteiger charge is -2.27. The molecule has 0 aliphatic carbocycles. The van der Waals surface area contributed by atoms with Crippen molar-refractivity contribution in [2.75, 3.05) is 40.8 Å². The number of nitrogens with two attached hydrogens (primary N) is 1. The highest BCUT2D eigenvalue weighted by Gasteiger charge is 2.36. The van der Waals surface area contributed by atoms with Gasteiger partial charge in [-0.2, -0.15) is 13.2 Å². The summed E-state index contributed by atoms with van der Waals surface area (Å²) in [6, 6.07) is 0. The van der Waals surface area contributed by atoms with Crippen LogP contribution in [-0.2, 0) is 14.3 Å². The second-order valence-corrected chi connectivity index (χ2v) is 4.06. The van der Waals surface area contributed by atoms with Crippen LogP contribution >= 0.6 is 0 Å². The van der Waals surface area contributed by atoms with Gasteiger partial charge in [0.05, 0.1) is 0 Å². The first-order valence-corrected chi connectivity index (χ1v) is 5.41. The molecule has 0 aromatic heterocycles. The van der Waals surface area contributed by atoms with Crippen molar-refractivity contribution in [3.05, 3.63) is 0 Å². The molecule has 0 spiro atoms. The summed E-state index contributed by atoms with van der Waals surface area (Å²) in [6.07, 6.45) is -5.80. The van der Waals surface area contributed by atoms with Gasteiger partial charge in [0.25, 0.3) is 5.91 Å². The number of alkyl halides is 3. The molecular formula is C10H18F3N3O3. The standard InChI is InChI=1S/C10H18F3N3O3/c1-15(2)8(17)5-16(6-10(11,12)13)9(18)7(4-14)19-3/h7H,4-6,14H2,1-3H3. The highest BCUT2D eigenvalue weighted by atomic mass is 19.4. The Morgan fingerprint density at radius 2 is 1.84 bits per heavy atom. The van der Waals surface area contributed by atoms with Gasteiger partial charge in [0.1, 0.15) is 19.2 Å². The lowest BCUT2D eigenvalue weighted by molar-refractivity contribution is -0.169. The average Bonchev–Trinajstić information content (AvgIpc) is 2.27. The van der Waals surface area contributed by atoms with Gasteiger partial charge in [0.2, 0.25) is 5.91 Å². The van der Waals surface area contributed by atoms with Crippen LogP contribution in [0.5, 0.6) is 0 Å². The number of rotatable bonds is 6. The van der Waals surface area contributed by atoms with Crippen LogP contribution in [0.15, 0.2) is 0 Å². The Bertz CT molecular complexity index is 317. The number of likely N-dealkylation sites (N-methyl/N-ethyl adjacent to an activating group) is 1.